The number of nitrogens with zero attached hydrogens (tertiary/aromatic N) is 1. The number of anilines is 1. The van der Waals surface area contributed by atoms with Gasteiger partial charge in [-0.25, -0.2) is 9.78 Å². The van der Waals surface area contributed by atoms with Crippen molar-refractivity contribution >= 4 is 35.2 Å². The van der Waals surface area contributed by atoms with E-state index in [4.69, 9.17) is 16.3 Å². The summed E-state index contributed by atoms with van der Waals surface area (Å²) in [6.45, 7) is 2.83. The second-order valence-electron chi connectivity index (χ2n) is 6.15. The fourth-order valence-corrected chi connectivity index (χ4v) is 2.97. The van der Waals surface area contributed by atoms with E-state index in [2.05, 4.69) is 15.6 Å². The van der Waals surface area contributed by atoms with Gasteiger partial charge in [-0.1, -0.05) is 24.4 Å². The summed E-state index contributed by atoms with van der Waals surface area (Å²) in [5, 5.41) is 5.65. The van der Waals surface area contributed by atoms with Gasteiger partial charge >= 0.3 is 5.97 Å². The van der Waals surface area contributed by atoms with Gasteiger partial charge in [0.25, 0.3) is 5.91 Å². The van der Waals surface area contributed by atoms with Crippen molar-refractivity contribution in [1.82, 2.24) is 10.3 Å². The van der Waals surface area contributed by atoms with Crippen molar-refractivity contribution in [3.63, 3.8) is 0 Å². The van der Waals surface area contributed by atoms with Crippen LogP contribution < -0.4 is 10.6 Å². The summed E-state index contributed by atoms with van der Waals surface area (Å²) in [6.07, 6.45) is 4.15. The minimum Gasteiger partial charge on any atom is -0.451 e. The molecule has 1 aliphatic rings. The predicted octanol–water partition coefficient (Wildman–Crippen LogP) is 2.30. The molecule has 136 valence electrons. The number of pyridine rings is 1. The first kappa shape index (κ1) is 19.2. The zero-order chi connectivity index (χ0) is 18.4. The second kappa shape index (κ2) is 8.80. The van der Waals surface area contributed by atoms with Crippen LogP contribution in [0.15, 0.2) is 18.3 Å². The molecule has 0 spiro atoms. The van der Waals surface area contributed by atoms with Crippen LogP contribution in [-0.4, -0.2) is 34.9 Å². The van der Waals surface area contributed by atoms with Crippen LogP contribution in [0.2, 0.25) is 5.02 Å². The highest BCUT2D eigenvalue weighted by Gasteiger charge is 2.34. The minimum absolute atomic E-state index is 0.0459. The predicted molar refractivity (Wildman–Crippen MR) is 93.0 cm³/mol. The van der Waals surface area contributed by atoms with E-state index in [0.29, 0.717) is 10.8 Å². The molecule has 2 rings (SSSR count). The SMILES string of the molecule is CC(=O)N[C@H](C(=O)O[C@@H](C)C(=O)Nc1ccc(Cl)cn1)C1CCCC1. The molecular weight excluding hydrogens is 346 g/mol. The number of esters is 1. The number of ether oxygens (including phenoxy) is 1. The molecule has 0 bridgehead atoms. The average Bonchev–Trinajstić information content (AvgIpc) is 3.08. The molecule has 0 aromatic carbocycles. The molecule has 0 aliphatic heterocycles. The molecule has 8 heteroatoms. The third kappa shape index (κ3) is 5.70. The molecule has 0 radical (unpaired) electrons. The monoisotopic (exact) mass is 367 g/mol. The van der Waals surface area contributed by atoms with Crippen molar-refractivity contribution in [2.45, 2.75) is 51.7 Å². The topological polar surface area (TPSA) is 97.4 Å². The quantitative estimate of drug-likeness (QED) is 0.752. The number of halogens is 1. The fourth-order valence-electron chi connectivity index (χ4n) is 2.86. The largest absolute Gasteiger partial charge is 0.451 e. The van der Waals surface area contributed by atoms with Crippen LogP contribution in [0.25, 0.3) is 0 Å². The maximum absolute atomic E-state index is 12.4. The molecule has 2 amide bonds. The van der Waals surface area contributed by atoms with Crippen LogP contribution in [0.5, 0.6) is 0 Å². The lowest BCUT2D eigenvalue weighted by Gasteiger charge is -2.24. The van der Waals surface area contributed by atoms with E-state index < -0.39 is 24.0 Å². The summed E-state index contributed by atoms with van der Waals surface area (Å²) in [4.78, 5) is 39.9. The molecule has 25 heavy (non-hydrogen) atoms. The van der Waals surface area contributed by atoms with Gasteiger partial charge < -0.3 is 15.4 Å². The molecule has 1 aromatic rings. The molecule has 7 nitrogen and oxygen atoms in total. The van der Waals surface area contributed by atoms with E-state index in [0.717, 1.165) is 25.7 Å². The summed E-state index contributed by atoms with van der Waals surface area (Å²) in [5.41, 5.74) is 0. The van der Waals surface area contributed by atoms with Crippen molar-refractivity contribution in [3.8, 4) is 0 Å². The van der Waals surface area contributed by atoms with Crippen molar-refractivity contribution < 1.29 is 19.1 Å². The number of nitrogens with one attached hydrogen (secondary N) is 2. The van der Waals surface area contributed by atoms with Gasteiger partial charge in [0.2, 0.25) is 5.91 Å². The first-order chi connectivity index (χ1) is 11.9. The van der Waals surface area contributed by atoms with Gasteiger partial charge in [-0.05, 0) is 37.8 Å². The van der Waals surface area contributed by atoms with Crippen LogP contribution in [0.3, 0.4) is 0 Å². The lowest BCUT2D eigenvalue weighted by molar-refractivity contribution is -0.157. The van der Waals surface area contributed by atoms with E-state index in [1.165, 1.54) is 20.0 Å². The van der Waals surface area contributed by atoms with Crippen LogP contribution >= 0.6 is 11.6 Å². The summed E-state index contributed by atoms with van der Waals surface area (Å²) >= 11 is 5.74. The average molecular weight is 368 g/mol. The lowest BCUT2D eigenvalue weighted by Crippen LogP contribution is -2.47. The molecular formula is C17H22ClN3O4. The zero-order valence-electron chi connectivity index (χ0n) is 14.3. The number of hydrogen-bond acceptors (Lipinski definition) is 5. The van der Waals surface area contributed by atoms with Crippen molar-refractivity contribution in [3.05, 3.63) is 23.4 Å². The van der Waals surface area contributed by atoms with Gasteiger partial charge in [0.1, 0.15) is 11.9 Å². The Balaban J connectivity index is 1.94. The third-order valence-corrected chi connectivity index (χ3v) is 4.35. The maximum Gasteiger partial charge on any atom is 0.329 e. The van der Waals surface area contributed by atoms with Crippen molar-refractivity contribution in [1.29, 1.82) is 0 Å². The van der Waals surface area contributed by atoms with E-state index >= 15 is 0 Å². The maximum atomic E-state index is 12.4. The van der Waals surface area contributed by atoms with Crippen LogP contribution in [0, 0.1) is 5.92 Å². The Hall–Kier alpha value is -2.15. The summed E-state index contributed by atoms with van der Waals surface area (Å²) in [6, 6.07) is 2.42. The van der Waals surface area contributed by atoms with Gasteiger partial charge in [0.05, 0.1) is 5.02 Å². The van der Waals surface area contributed by atoms with E-state index in [1.54, 1.807) is 12.1 Å². The van der Waals surface area contributed by atoms with E-state index in [9.17, 15) is 14.4 Å². The third-order valence-electron chi connectivity index (χ3n) is 4.12. The van der Waals surface area contributed by atoms with Crippen LogP contribution in [0.1, 0.15) is 39.5 Å². The molecule has 0 unspecified atom stereocenters. The Labute approximate surface area is 151 Å². The van der Waals surface area contributed by atoms with Crippen LogP contribution in [-0.2, 0) is 19.1 Å². The number of hydrogen-bond donors (Lipinski definition) is 2. The Kier molecular flexibility index (Phi) is 6.75. The smallest absolute Gasteiger partial charge is 0.329 e. The Bertz CT molecular complexity index is 629. The first-order valence-corrected chi connectivity index (χ1v) is 8.64. The molecule has 1 heterocycles. The van der Waals surface area contributed by atoms with Crippen molar-refractivity contribution in [2.75, 3.05) is 5.32 Å². The Morgan fingerprint density at radius 2 is 1.96 bits per heavy atom. The summed E-state index contributed by atoms with van der Waals surface area (Å²) in [5.74, 6) is -1.03. The number of rotatable bonds is 6. The molecule has 1 aromatic heterocycles. The van der Waals surface area contributed by atoms with Gasteiger partial charge in [0, 0.05) is 13.1 Å². The zero-order valence-corrected chi connectivity index (χ0v) is 15.0. The van der Waals surface area contributed by atoms with Gasteiger partial charge in [-0.15, -0.1) is 0 Å². The number of carbonyl (C=O) groups is 3. The molecule has 1 aliphatic carbocycles. The summed E-state index contributed by atoms with van der Waals surface area (Å²) in [7, 11) is 0. The van der Waals surface area contributed by atoms with Crippen molar-refractivity contribution in [2.24, 2.45) is 5.92 Å². The number of amides is 2. The van der Waals surface area contributed by atoms with Crippen LogP contribution in [0.4, 0.5) is 5.82 Å². The molecule has 1 fully saturated rings. The molecule has 0 saturated heterocycles. The number of carbonyl (C=O) groups excluding carboxylic acids is 3. The summed E-state index contributed by atoms with van der Waals surface area (Å²) < 4.78 is 5.26. The molecule has 2 N–H and O–H groups in total. The highest BCUT2D eigenvalue weighted by molar-refractivity contribution is 6.30. The fraction of sp³-hybridized carbons (Fsp3) is 0.529. The standard InChI is InChI=1S/C17H22ClN3O4/c1-10(16(23)21-14-8-7-13(18)9-19-14)25-17(24)15(20-11(2)22)12-5-3-4-6-12/h7-10,12,15H,3-6H2,1-2H3,(H,20,22)(H,19,21,23)/t10-,15-/m0/s1. The highest BCUT2D eigenvalue weighted by atomic mass is 35.5. The first-order valence-electron chi connectivity index (χ1n) is 8.27. The Morgan fingerprint density at radius 1 is 1.28 bits per heavy atom. The normalized spacial score (nSPS) is 16.8. The van der Waals surface area contributed by atoms with Gasteiger partial charge in [-0.2, -0.15) is 0 Å². The van der Waals surface area contributed by atoms with E-state index in [1.807, 2.05) is 0 Å². The van der Waals surface area contributed by atoms with E-state index in [-0.39, 0.29) is 11.8 Å². The molecule has 1 saturated carbocycles. The molecule has 2 atom stereocenters. The minimum atomic E-state index is -1.01. The van der Waals surface area contributed by atoms with Gasteiger partial charge in [-0.3, -0.25) is 9.59 Å². The van der Waals surface area contributed by atoms with Gasteiger partial charge in [0.15, 0.2) is 6.10 Å². The lowest BCUT2D eigenvalue weighted by atomic mass is 9.98. The number of aromatic nitrogens is 1. The second-order valence-corrected chi connectivity index (χ2v) is 6.59. The Morgan fingerprint density at radius 3 is 2.52 bits per heavy atom. The highest BCUT2D eigenvalue weighted by Crippen LogP contribution is 2.28.